The first kappa shape index (κ1) is 11.5. The molecular formula is C11H20FNO. The Labute approximate surface area is 85.3 Å². The molecule has 0 saturated heterocycles. The van der Waals surface area contributed by atoms with Crippen LogP contribution in [0.15, 0.2) is 0 Å². The number of nitrogens with one attached hydrogen (secondary N) is 1. The number of halogens is 1. The van der Waals surface area contributed by atoms with Crippen molar-refractivity contribution < 1.29 is 9.18 Å². The molecule has 82 valence electrons. The van der Waals surface area contributed by atoms with Gasteiger partial charge in [0.2, 0.25) is 0 Å². The maximum atomic E-state index is 13.6. The lowest BCUT2D eigenvalue weighted by atomic mass is 9.80. The van der Waals surface area contributed by atoms with Gasteiger partial charge in [0, 0.05) is 6.04 Å². The molecule has 3 heteroatoms. The number of hydrogen-bond acceptors (Lipinski definition) is 1. The summed E-state index contributed by atoms with van der Waals surface area (Å²) in [6.45, 7) is 8.01. The minimum absolute atomic E-state index is 0.00299. The van der Waals surface area contributed by atoms with Gasteiger partial charge in [-0.2, -0.15) is 0 Å². The van der Waals surface area contributed by atoms with Crippen molar-refractivity contribution in [2.75, 3.05) is 0 Å². The van der Waals surface area contributed by atoms with Gasteiger partial charge in [0.15, 0.2) is 5.67 Å². The van der Waals surface area contributed by atoms with E-state index in [9.17, 15) is 9.18 Å². The molecular weight excluding hydrogens is 181 g/mol. The second-order valence-electron chi connectivity index (χ2n) is 5.38. The number of carbonyl (C=O) groups is 1. The summed E-state index contributed by atoms with van der Waals surface area (Å²) in [4.78, 5) is 11.5. The van der Waals surface area contributed by atoms with Crippen molar-refractivity contribution >= 4 is 5.91 Å². The van der Waals surface area contributed by atoms with Crippen LogP contribution in [0.3, 0.4) is 0 Å². The monoisotopic (exact) mass is 201 g/mol. The van der Waals surface area contributed by atoms with Gasteiger partial charge in [-0.15, -0.1) is 0 Å². The van der Waals surface area contributed by atoms with E-state index in [0.717, 1.165) is 6.42 Å². The molecule has 0 aromatic carbocycles. The zero-order chi connectivity index (χ0) is 11.0. The van der Waals surface area contributed by atoms with E-state index in [-0.39, 0.29) is 11.5 Å². The summed E-state index contributed by atoms with van der Waals surface area (Å²) < 4.78 is 13.6. The molecule has 0 aromatic heterocycles. The van der Waals surface area contributed by atoms with E-state index in [0.29, 0.717) is 12.8 Å². The first-order chi connectivity index (χ1) is 6.26. The van der Waals surface area contributed by atoms with Crippen LogP contribution in [0.5, 0.6) is 0 Å². The number of rotatable bonds is 2. The standard InChI is InChI=1S/C11H20FNO/c1-8(10(2,3)4)13-9(14)11(12)6-5-7-11/h8H,5-7H2,1-4H3,(H,13,14). The fourth-order valence-corrected chi connectivity index (χ4v) is 1.26. The van der Waals surface area contributed by atoms with Crippen LogP contribution < -0.4 is 5.32 Å². The lowest BCUT2D eigenvalue weighted by molar-refractivity contribution is -0.139. The van der Waals surface area contributed by atoms with Crippen LogP contribution in [0.4, 0.5) is 4.39 Å². The van der Waals surface area contributed by atoms with Crippen LogP contribution in [-0.4, -0.2) is 17.6 Å². The molecule has 0 spiro atoms. The molecule has 1 amide bonds. The number of alkyl halides is 1. The SMILES string of the molecule is CC(NC(=O)C1(F)CCC1)C(C)(C)C. The van der Waals surface area contributed by atoms with Gasteiger partial charge in [0.05, 0.1) is 0 Å². The van der Waals surface area contributed by atoms with Crippen LogP contribution in [0.2, 0.25) is 0 Å². The first-order valence-electron chi connectivity index (χ1n) is 5.25. The molecule has 1 aliphatic rings. The summed E-state index contributed by atoms with van der Waals surface area (Å²) in [5.41, 5.74) is -1.59. The summed E-state index contributed by atoms with van der Waals surface area (Å²) in [7, 11) is 0. The van der Waals surface area contributed by atoms with Crippen molar-refractivity contribution in [1.82, 2.24) is 5.32 Å². The van der Waals surface area contributed by atoms with Crippen molar-refractivity contribution in [3.63, 3.8) is 0 Å². The molecule has 0 aliphatic heterocycles. The lowest BCUT2D eigenvalue weighted by Gasteiger charge is -2.36. The molecule has 1 atom stereocenters. The first-order valence-corrected chi connectivity index (χ1v) is 5.25. The Hall–Kier alpha value is -0.600. The van der Waals surface area contributed by atoms with Crippen LogP contribution in [0.1, 0.15) is 47.0 Å². The van der Waals surface area contributed by atoms with Crippen LogP contribution in [-0.2, 0) is 4.79 Å². The Balaban J connectivity index is 2.49. The molecule has 1 N–H and O–H groups in total. The topological polar surface area (TPSA) is 29.1 Å². The predicted octanol–water partition coefficient (Wildman–Crippen LogP) is 2.43. The summed E-state index contributed by atoms with van der Waals surface area (Å²) >= 11 is 0. The maximum Gasteiger partial charge on any atom is 0.257 e. The van der Waals surface area contributed by atoms with Gasteiger partial charge in [0.25, 0.3) is 5.91 Å². The second kappa shape index (κ2) is 3.52. The van der Waals surface area contributed by atoms with Gasteiger partial charge in [0.1, 0.15) is 0 Å². The highest BCUT2D eigenvalue weighted by Crippen LogP contribution is 2.36. The Morgan fingerprint density at radius 3 is 2.21 bits per heavy atom. The summed E-state index contributed by atoms with van der Waals surface area (Å²) in [5, 5.41) is 2.75. The maximum absolute atomic E-state index is 13.6. The average molecular weight is 201 g/mol. The Morgan fingerprint density at radius 1 is 1.43 bits per heavy atom. The molecule has 0 radical (unpaired) electrons. The van der Waals surface area contributed by atoms with E-state index in [1.807, 2.05) is 27.7 Å². The zero-order valence-corrected chi connectivity index (χ0v) is 9.48. The van der Waals surface area contributed by atoms with E-state index in [2.05, 4.69) is 5.32 Å². The predicted molar refractivity (Wildman–Crippen MR) is 54.7 cm³/mol. The van der Waals surface area contributed by atoms with Crippen molar-refractivity contribution in [1.29, 1.82) is 0 Å². The Morgan fingerprint density at radius 2 is 1.93 bits per heavy atom. The van der Waals surface area contributed by atoms with Crippen LogP contribution >= 0.6 is 0 Å². The van der Waals surface area contributed by atoms with Crippen LogP contribution in [0.25, 0.3) is 0 Å². The third kappa shape index (κ3) is 2.25. The molecule has 1 aliphatic carbocycles. The fraction of sp³-hybridized carbons (Fsp3) is 0.909. The third-order valence-electron chi connectivity index (χ3n) is 3.20. The third-order valence-corrected chi connectivity index (χ3v) is 3.20. The smallest absolute Gasteiger partial charge is 0.257 e. The molecule has 0 aromatic rings. The van der Waals surface area contributed by atoms with Crippen LogP contribution in [0, 0.1) is 5.41 Å². The molecule has 1 rings (SSSR count). The van der Waals surface area contributed by atoms with Gasteiger partial charge >= 0.3 is 0 Å². The summed E-state index contributed by atoms with van der Waals surface area (Å²) in [6, 6.07) is 0.00299. The Kier molecular flexibility index (Phi) is 2.88. The van der Waals surface area contributed by atoms with E-state index in [1.165, 1.54) is 0 Å². The second-order valence-corrected chi connectivity index (χ2v) is 5.38. The largest absolute Gasteiger partial charge is 0.350 e. The lowest BCUT2D eigenvalue weighted by Crippen LogP contribution is -2.53. The van der Waals surface area contributed by atoms with Gasteiger partial charge in [-0.25, -0.2) is 4.39 Å². The number of hydrogen-bond donors (Lipinski definition) is 1. The summed E-state index contributed by atoms with van der Waals surface area (Å²) in [5.74, 6) is -0.425. The number of carbonyl (C=O) groups excluding carboxylic acids is 1. The number of amides is 1. The van der Waals surface area contributed by atoms with E-state index in [4.69, 9.17) is 0 Å². The van der Waals surface area contributed by atoms with Crippen molar-refractivity contribution in [3.05, 3.63) is 0 Å². The van der Waals surface area contributed by atoms with E-state index in [1.54, 1.807) is 0 Å². The molecule has 0 bridgehead atoms. The molecule has 1 unspecified atom stereocenters. The molecule has 0 heterocycles. The van der Waals surface area contributed by atoms with E-state index < -0.39 is 11.6 Å². The zero-order valence-electron chi connectivity index (χ0n) is 9.48. The van der Waals surface area contributed by atoms with Gasteiger partial charge < -0.3 is 5.32 Å². The van der Waals surface area contributed by atoms with Crippen molar-refractivity contribution in [3.8, 4) is 0 Å². The minimum Gasteiger partial charge on any atom is -0.350 e. The highest BCUT2D eigenvalue weighted by molar-refractivity contribution is 5.86. The molecule has 14 heavy (non-hydrogen) atoms. The quantitative estimate of drug-likeness (QED) is 0.730. The Bertz CT molecular complexity index is 228. The molecule has 1 fully saturated rings. The average Bonchev–Trinajstić information content (AvgIpc) is 1.98. The van der Waals surface area contributed by atoms with Crippen molar-refractivity contribution in [2.45, 2.75) is 58.7 Å². The normalized spacial score (nSPS) is 22.4. The fourth-order valence-electron chi connectivity index (χ4n) is 1.26. The molecule has 2 nitrogen and oxygen atoms in total. The van der Waals surface area contributed by atoms with Gasteiger partial charge in [-0.05, 0) is 31.6 Å². The minimum atomic E-state index is -1.57. The highest BCUT2D eigenvalue weighted by Gasteiger charge is 2.45. The van der Waals surface area contributed by atoms with Crippen molar-refractivity contribution in [2.24, 2.45) is 5.41 Å². The highest BCUT2D eigenvalue weighted by atomic mass is 19.1. The van der Waals surface area contributed by atoms with Gasteiger partial charge in [-0.1, -0.05) is 20.8 Å². The molecule has 1 saturated carbocycles. The van der Waals surface area contributed by atoms with Gasteiger partial charge in [-0.3, -0.25) is 4.79 Å². The summed E-state index contributed by atoms with van der Waals surface area (Å²) in [6.07, 6.45) is 1.60. The van der Waals surface area contributed by atoms with E-state index >= 15 is 0 Å².